The first-order valence-electron chi connectivity index (χ1n) is 8.08. The second-order valence-corrected chi connectivity index (χ2v) is 6.15. The zero-order chi connectivity index (χ0) is 17.6. The number of hydrogen-bond acceptors (Lipinski definition) is 4. The summed E-state index contributed by atoms with van der Waals surface area (Å²) in [6.07, 6.45) is 3.35. The van der Waals surface area contributed by atoms with Gasteiger partial charge in [0.1, 0.15) is 11.3 Å². The lowest BCUT2D eigenvalue weighted by atomic mass is 10.0. The van der Waals surface area contributed by atoms with Crippen LogP contribution in [0.2, 0.25) is 0 Å². The lowest BCUT2D eigenvalue weighted by molar-refractivity contribution is -0.384. The van der Waals surface area contributed by atoms with Crippen LogP contribution in [0.4, 0.5) is 11.4 Å². The fraction of sp³-hybridized carbons (Fsp3) is 0.222. The van der Waals surface area contributed by atoms with Crippen LogP contribution in [0.3, 0.4) is 0 Å². The van der Waals surface area contributed by atoms with Crippen molar-refractivity contribution in [3.8, 4) is 0 Å². The molecule has 1 aromatic carbocycles. The van der Waals surface area contributed by atoms with Gasteiger partial charge >= 0.3 is 0 Å². The first-order valence-corrected chi connectivity index (χ1v) is 8.08. The summed E-state index contributed by atoms with van der Waals surface area (Å²) in [7, 11) is 0. The average Bonchev–Trinajstić information content (AvgIpc) is 3.06. The van der Waals surface area contributed by atoms with Crippen molar-refractivity contribution in [2.75, 3.05) is 11.4 Å². The number of non-ortho nitro benzene ring substituents is 1. The van der Waals surface area contributed by atoms with E-state index >= 15 is 0 Å². The lowest BCUT2D eigenvalue weighted by Crippen LogP contribution is -2.35. The highest BCUT2D eigenvalue weighted by molar-refractivity contribution is 6.06. The number of benzene rings is 1. The van der Waals surface area contributed by atoms with Crippen molar-refractivity contribution in [2.45, 2.75) is 19.8 Å². The highest BCUT2D eigenvalue weighted by Crippen LogP contribution is 2.31. The summed E-state index contributed by atoms with van der Waals surface area (Å²) in [6.45, 7) is 2.47. The number of rotatable bonds is 2. The molecule has 0 spiro atoms. The van der Waals surface area contributed by atoms with Gasteiger partial charge in [0.2, 0.25) is 0 Å². The summed E-state index contributed by atoms with van der Waals surface area (Å²) in [5.74, 6) is -0.232. The van der Waals surface area contributed by atoms with Crippen LogP contribution in [0, 0.1) is 17.0 Å². The summed E-state index contributed by atoms with van der Waals surface area (Å²) in [5.41, 5.74) is 3.58. The van der Waals surface area contributed by atoms with Gasteiger partial charge in [0.05, 0.1) is 10.6 Å². The number of carbonyl (C=O) groups excluding carboxylic acids is 1. The minimum Gasteiger partial charge on any atom is -0.306 e. The molecule has 0 bridgehead atoms. The van der Waals surface area contributed by atoms with Crippen molar-refractivity contribution in [1.82, 2.24) is 9.38 Å². The van der Waals surface area contributed by atoms with Crippen molar-refractivity contribution in [3.05, 3.63) is 69.7 Å². The van der Waals surface area contributed by atoms with Crippen LogP contribution >= 0.6 is 0 Å². The minimum atomic E-state index is -0.439. The molecule has 1 aliphatic rings. The van der Waals surface area contributed by atoms with Crippen molar-refractivity contribution in [1.29, 1.82) is 0 Å². The summed E-state index contributed by atoms with van der Waals surface area (Å²) in [6, 6.07) is 10.4. The summed E-state index contributed by atoms with van der Waals surface area (Å²) >= 11 is 0. The van der Waals surface area contributed by atoms with Gasteiger partial charge in [-0.3, -0.25) is 14.9 Å². The smallest absolute Gasteiger partial charge is 0.278 e. The largest absolute Gasteiger partial charge is 0.306 e. The lowest BCUT2D eigenvalue weighted by Gasteiger charge is -2.28. The number of hydrogen-bond donors (Lipinski definition) is 0. The Balaban J connectivity index is 1.77. The average molecular weight is 336 g/mol. The van der Waals surface area contributed by atoms with Crippen molar-refractivity contribution >= 4 is 22.9 Å². The van der Waals surface area contributed by atoms with Crippen LogP contribution in [0.15, 0.2) is 42.6 Å². The highest BCUT2D eigenvalue weighted by atomic mass is 16.6. The molecule has 4 rings (SSSR count). The van der Waals surface area contributed by atoms with E-state index in [4.69, 9.17) is 0 Å². The molecule has 3 heterocycles. The zero-order valence-electron chi connectivity index (χ0n) is 13.7. The zero-order valence-corrected chi connectivity index (χ0v) is 13.7. The van der Waals surface area contributed by atoms with Crippen LogP contribution < -0.4 is 4.90 Å². The van der Waals surface area contributed by atoms with Gasteiger partial charge in [0.15, 0.2) is 0 Å². The number of aromatic nitrogens is 2. The predicted octanol–water partition coefficient (Wildman–Crippen LogP) is 3.14. The van der Waals surface area contributed by atoms with Crippen LogP contribution in [0.25, 0.3) is 5.65 Å². The third-order valence-electron chi connectivity index (χ3n) is 4.56. The van der Waals surface area contributed by atoms with Crippen LogP contribution in [0.1, 0.15) is 28.2 Å². The van der Waals surface area contributed by atoms with E-state index in [1.54, 1.807) is 17.2 Å². The molecule has 0 fully saturated rings. The van der Waals surface area contributed by atoms with Crippen LogP contribution in [-0.4, -0.2) is 26.8 Å². The molecule has 3 aromatic rings. The second-order valence-electron chi connectivity index (χ2n) is 6.15. The van der Waals surface area contributed by atoms with Crippen LogP contribution in [-0.2, 0) is 6.42 Å². The Hall–Kier alpha value is -3.22. The molecule has 0 saturated heterocycles. The Bertz CT molecular complexity index is 1010. The van der Waals surface area contributed by atoms with Crippen LogP contribution in [0.5, 0.6) is 0 Å². The molecule has 0 N–H and O–H groups in total. The van der Waals surface area contributed by atoms with Crippen molar-refractivity contribution in [3.63, 3.8) is 0 Å². The van der Waals surface area contributed by atoms with Gasteiger partial charge in [-0.05, 0) is 37.5 Å². The first kappa shape index (κ1) is 15.3. The monoisotopic (exact) mass is 336 g/mol. The molecule has 1 aliphatic heterocycles. The van der Waals surface area contributed by atoms with Crippen molar-refractivity contribution < 1.29 is 9.72 Å². The number of fused-ring (bicyclic) bond motifs is 2. The maximum atomic E-state index is 13.0. The van der Waals surface area contributed by atoms with E-state index < -0.39 is 4.92 Å². The molecule has 7 nitrogen and oxygen atoms in total. The van der Waals surface area contributed by atoms with E-state index in [0.29, 0.717) is 23.6 Å². The van der Waals surface area contributed by atoms with Gasteiger partial charge < -0.3 is 9.30 Å². The number of imidazole rings is 1. The number of nitro groups is 1. The van der Waals surface area contributed by atoms with E-state index in [1.165, 1.54) is 12.1 Å². The number of aryl methyl sites for hydroxylation is 2. The van der Waals surface area contributed by atoms with E-state index in [0.717, 1.165) is 24.1 Å². The van der Waals surface area contributed by atoms with Gasteiger partial charge in [-0.2, -0.15) is 0 Å². The van der Waals surface area contributed by atoms with Gasteiger partial charge in [-0.15, -0.1) is 0 Å². The molecule has 0 radical (unpaired) electrons. The van der Waals surface area contributed by atoms with Crippen molar-refractivity contribution in [2.24, 2.45) is 0 Å². The number of nitro benzene ring substituents is 1. The number of anilines is 1. The summed E-state index contributed by atoms with van der Waals surface area (Å²) in [4.78, 5) is 29.7. The third kappa shape index (κ3) is 2.53. The minimum absolute atomic E-state index is 0.00991. The van der Waals surface area contributed by atoms with Gasteiger partial charge in [0.25, 0.3) is 11.6 Å². The fourth-order valence-corrected chi connectivity index (χ4v) is 3.28. The summed E-state index contributed by atoms with van der Waals surface area (Å²) in [5, 5.41) is 11.1. The van der Waals surface area contributed by atoms with Gasteiger partial charge in [0, 0.05) is 30.6 Å². The molecule has 0 atom stereocenters. The molecular weight excluding hydrogens is 320 g/mol. The maximum absolute atomic E-state index is 13.0. The molecule has 0 aliphatic carbocycles. The fourth-order valence-electron chi connectivity index (χ4n) is 3.28. The molecule has 0 unspecified atom stereocenters. The number of nitrogens with zero attached hydrogens (tertiary/aromatic N) is 4. The number of pyridine rings is 1. The second kappa shape index (κ2) is 5.70. The Morgan fingerprint density at radius 3 is 2.88 bits per heavy atom. The summed E-state index contributed by atoms with van der Waals surface area (Å²) < 4.78 is 1.87. The number of amides is 1. The Morgan fingerprint density at radius 2 is 2.12 bits per heavy atom. The van der Waals surface area contributed by atoms with E-state index in [2.05, 4.69) is 4.98 Å². The molecule has 126 valence electrons. The number of carbonyl (C=O) groups is 1. The first-order chi connectivity index (χ1) is 12.0. The van der Waals surface area contributed by atoms with E-state index in [-0.39, 0.29) is 11.6 Å². The molecule has 2 aromatic heterocycles. The van der Waals surface area contributed by atoms with E-state index in [9.17, 15) is 14.9 Å². The Labute approximate surface area is 143 Å². The maximum Gasteiger partial charge on any atom is 0.278 e. The third-order valence-corrected chi connectivity index (χ3v) is 4.56. The molecule has 1 amide bonds. The molecular formula is C18H16N4O3. The normalized spacial score (nSPS) is 13.7. The SMILES string of the molecule is Cc1cccc2nc(C(=O)N3CCCc4ccc([N+](=O)[O-])cc43)cn12. The van der Waals surface area contributed by atoms with Gasteiger partial charge in [-0.25, -0.2) is 4.98 Å². The quantitative estimate of drug-likeness (QED) is 0.532. The molecule has 0 saturated carbocycles. The highest BCUT2D eigenvalue weighted by Gasteiger charge is 2.27. The Morgan fingerprint density at radius 1 is 1.28 bits per heavy atom. The standard InChI is InChI=1S/C18H16N4O3/c1-12-4-2-6-17-19-15(11-21(12)17)18(23)20-9-3-5-13-7-8-14(22(24)25)10-16(13)20/h2,4,6-8,10-11H,3,5,9H2,1H3. The van der Waals surface area contributed by atoms with Gasteiger partial charge in [-0.1, -0.05) is 12.1 Å². The predicted molar refractivity (Wildman–Crippen MR) is 93.0 cm³/mol. The molecule has 25 heavy (non-hydrogen) atoms. The van der Waals surface area contributed by atoms with E-state index in [1.807, 2.05) is 29.5 Å². The Kier molecular flexibility index (Phi) is 3.49. The molecule has 7 heteroatoms. The topological polar surface area (TPSA) is 80.8 Å².